The number of alkyl halides is 6. The summed E-state index contributed by atoms with van der Waals surface area (Å²) in [5.74, 6) is 4.81. The van der Waals surface area contributed by atoms with Gasteiger partial charge in [-0.3, -0.25) is 0 Å². The van der Waals surface area contributed by atoms with Gasteiger partial charge in [0.1, 0.15) is 0 Å². The molecule has 112 valence electrons. The molecule has 0 unspecified atom stereocenters. The molecule has 0 atom stereocenters. The summed E-state index contributed by atoms with van der Waals surface area (Å²) >= 11 is 0. The number of nitrogens with zero attached hydrogens (tertiary/aromatic N) is 2. The normalized spacial score (nSPS) is 12.2. The van der Waals surface area contributed by atoms with Gasteiger partial charge in [0.15, 0.2) is 0 Å². The van der Waals surface area contributed by atoms with E-state index in [1.54, 1.807) is 0 Å². The Morgan fingerprint density at radius 2 is 1.70 bits per heavy atom. The first-order chi connectivity index (χ1) is 8.94. The van der Waals surface area contributed by atoms with Crippen LogP contribution in [0.4, 0.5) is 32.0 Å². The zero-order chi connectivity index (χ0) is 15.7. The van der Waals surface area contributed by atoms with Crippen LogP contribution in [0.1, 0.15) is 11.1 Å². The Morgan fingerprint density at radius 3 is 2.10 bits per heavy atom. The number of benzene rings is 1. The van der Waals surface area contributed by atoms with E-state index in [2.05, 4.69) is 4.94 Å². The van der Waals surface area contributed by atoms with Crippen molar-refractivity contribution in [3.63, 3.8) is 0 Å². The van der Waals surface area contributed by atoms with Crippen molar-refractivity contribution >= 4 is 5.69 Å². The lowest BCUT2D eigenvalue weighted by Crippen LogP contribution is -2.36. The van der Waals surface area contributed by atoms with Crippen LogP contribution >= 0.6 is 0 Å². The van der Waals surface area contributed by atoms with Gasteiger partial charge in [0, 0.05) is 0 Å². The van der Waals surface area contributed by atoms with Gasteiger partial charge in [0.05, 0.1) is 16.8 Å². The highest BCUT2D eigenvalue weighted by Crippen LogP contribution is 2.44. The Balaban J connectivity index is 3.49. The van der Waals surface area contributed by atoms with E-state index in [0.29, 0.717) is 12.1 Å². The van der Waals surface area contributed by atoms with Crippen molar-refractivity contribution in [2.24, 2.45) is 5.84 Å². The quantitative estimate of drug-likeness (QED) is 0.401. The Morgan fingerprint density at radius 1 is 1.15 bits per heavy atom. The lowest BCUT2D eigenvalue weighted by molar-refractivity contribution is -0.762. The highest BCUT2D eigenvalue weighted by atomic mass is 19.4. The second-order valence-corrected chi connectivity index (χ2v) is 3.33. The van der Waals surface area contributed by atoms with Crippen LogP contribution in [0.15, 0.2) is 18.2 Å². The molecule has 0 aromatic heterocycles. The highest BCUT2D eigenvalue weighted by molar-refractivity contribution is 5.56. The molecule has 0 aliphatic rings. The molecule has 1 aromatic rings. The maximum atomic E-state index is 12.7. The van der Waals surface area contributed by atoms with Gasteiger partial charge < -0.3 is 0 Å². The summed E-state index contributed by atoms with van der Waals surface area (Å²) < 4.78 is 75.8. The number of hydrazine groups is 1. The molecule has 0 bridgehead atoms. The molecule has 12 heteroatoms. The fourth-order valence-electron chi connectivity index (χ4n) is 1.37. The van der Waals surface area contributed by atoms with Crippen LogP contribution in [0.3, 0.4) is 0 Å². The minimum absolute atomic E-state index is 0.173. The molecule has 0 radical (unpaired) electrons. The van der Waals surface area contributed by atoms with E-state index in [-0.39, 0.29) is 6.07 Å². The number of nitrogens with two attached hydrogens (primary N) is 1. The molecule has 0 amide bonds. The van der Waals surface area contributed by atoms with E-state index in [9.17, 15) is 36.5 Å². The largest absolute Gasteiger partial charge is 0.419 e. The third-order valence-electron chi connectivity index (χ3n) is 2.02. The molecule has 0 saturated heterocycles. The molecule has 1 rings (SSSR count). The molecule has 2 N–H and O–H groups in total. The molecule has 6 nitrogen and oxygen atoms in total. The van der Waals surface area contributed by atoms with Gasteiger partial charge in [-0.1, -0.05) is 6.07 Å². The van der Waals surface area contributed by atoms with Gasteiger partial charge in [0.2, 0.25) is 0 Å². The lowest BCUT2D eigenvalue weighted by Gasteiger charge is -2.22. The Bertz CT molecular complexity index is 515. The van der Waals surface area contributed by atoms with Crippen molar-refractivity contribution in [3.8, 4) is 0 Å². The number of rotatable bonds is 3. The van der Waals surface area contributed by atoms with Crippen molar-refractivity contribution < 1.29 is 36.4 Å². The predicted molar refractivity (Wildman–Crippen MR) is 51.2 cm³/mol. The molecular weight excluding hydrogens is 300 g/mol. The summed E-state index contributed by atoms with van der Waals surface area (Å²) in [6.07, 6.45) is -10.8. The lowest BCUT2D eigenvalue weighted by atomic mass is 10.0. The van der Waals surface area contributed by atoms with Crippen molar-refractivity contribution in [1.82, 2.24) is 0 Å². The molecule has 0 spiro atoms. The van der Waals surface area contributed by atoms with E-state index in [1.165, 1.54) is 0 Å². The van der Waals surface area contributed by atoms with Crippen molar-refractivity contribution in [2.75, 3.05) is 5.17 Å². The Labute approximate surface area is 106 Å². The van der Waals surface area contributed by atoms with E-state index in [1.807, 2.05) is 0 Å². The second kappa shape index (κ2) is 5.03. The van der Waals surface area contributed by atoms with Crippen molar-refractivity contribution in [2.45, 2.75) is 12.4 Å². The topological polar surface area (TPSA) is 81.6 Å². The summed E-state index contributed by atoms with van der Waals surface area (Å²) in [6, 6.07) is 1.28. The molecular formula is C8H5F6N3O3. The van der Waals surface area contributed by atoms with Crippen LogP contribution in [0.25, 0.3) is 0 Å². The third kappa shape index (κ3) is 3.40. The first-order valence-corrected chi connectivity index (χ1v) is 4.59. The molecule has 0 saturated carbocycles. The molecule has 1 aromatic carbocycles. The Kier molecular flexibility index (Phi) is 3.98. The average Bonchev–Trinajstić information content (AvgIpc) is 2.24. The molecule has 0 aliphatic heterocycles. The molecule has 0 heterocycles. The number of anilines is 1. The summed E-state index contributed by atoms with van der Waals surface area (Å²) in [5.41, 5.74) is -5.56. The van der Waals surface area contributed by atoms with Gasteiger partial charge in [-0.15, -0.1) is 15.3 Å². The van der Waals surface area contributed by atoms with E-state index in [4.69, 9.17) is 5.84 Å². The molecule has 0 fully saturated rings. The first kappa shape index (κ1) is 15.8. The maximum Gasteiger partial charge on any atom is 0.419 e. The van der Waals surface area contributed by atoms with Crippen molar-refractivity contribution in [3.05, 3.63) is 39.4 Å². The summed E-state index contributed by atoms with van der Waals surface area (Å²) in [7, 11) is 0. The molecule has 0 aliphatic carbocycles. The predicted octanol–water partition coefficient (Wildman–Crippen LogP) is 2.53. The van der Waals surface area contributed by atoms with Gasteiger partial charge in [-0.05, 0) is 12.1 Å². The van der Waals surface area contributed by atoms with Crippen LogP contribution in [-0.2, 0) is 17.3 Å². The first-order valence-electron chi connectivity index (χ1n) is 4.59. The van der Waals surface area contributed by atoms with Crippen LogP contribution < -0.4 is 11.0 Å². The minimum Gasteiger partial charge on any atom is -0.223 e. The van der Waals surface area contributed by atoms with E-state index < -0.39 is 39.4 Å². The zero-order valence-corrected chi connectivity index (χ0v) is 9.20. The van der Waals surface area contributed by atoms with Gasteiger partial charge in [-0.2, -0.15) is 31.3 Å². The fourth-order valence-corrected chi connectivity index (χ4v) is 1.37. The minimum atomic E-state index is -5.45. The fraction of sp³-hybridized carbons (Fsp3) is 0.250. The van der Waals surface area contributed by atoms with Gasteiger partial charge >= 0.3 is 17.4 Å². The monoisotopic (exact) mass is 305 g/mol. The van der Waals surface area contributed by atoms with Crippen LogP contribution in [0, 0.1) is 10.1 Å². The third-order valence-corrected chi connectivity index (χ3v) is 2.02. The van der Waals surface area contributed by atoms with Crippen LogP contribution in [0.5, 0.6) is 0 Å². The second-order valence-electron chi connectivity index (χ2n) is 3.33. The summed E-state index contributed by atoms with van der Waals surface area (Å²) in [4.78, 5) is 13.5. The average molecular weight is 305 g/mol. The van der Waals surface area contributed by atoms with Gasteiger partial charge in [-0.25, -0.2) is 5.84 Å². The van der Waals surface area contributed by atoms with Gasteiger partial charge in [0.25, 0.3) is 0 Å². The van der Waals surface area contributed by atoms with Crippen molar-refractivity contribution in [1.29, 1.82) is 0 Å². The molecule has 20 heavy (non-hydrogen) atoms. The standard InChI is InChI=1S/C8H5F6N3O3/c9-7(10,11)4-2-1-3-5(6(4)8(12,13)14)16(15)20-17(18)19/h1-3H,15H2. The SMILES string of the molecule is NN(O[N+](=O)[O-])c1cccc(C(F)(F)F)c1C(F)(F)F. The summed E-state index contributed by atoms with van der Waals surface area (Å²) in [6.45, 7) is 0. The maximum absolute atomic E-state index is 12.7. The number of hydrogen-bond donors (Lipinski definition) is 1. The smallest absolute Gasteiger partial charge is 0.223 e. The van der Waals surface area contributed by atoms with Crippen LogP contribution in [-0.4, -0.2) is 5.09 Å². The highest BCUT2D eigenvalue weighted by Gasteiger charge is 2.45. The van der Waals surface area contributed by atoms with Crippen LogP contribution in [0.2, 0.25) is 0 Å². The Hall–Kier alpha value is -2.24. The number of halogens is 6. The number of hydrogen-bond acceptors (Lipinski definition) is 5. The zero-order valence-electron chi connectivity index (χ0n) is 9.20. The van der Waals surface area contributed by atoms with E-state index in [0.717, 1.165) is 0 Å². The van der Waals surface area contributed by atoms with E-state index >= 15 is 0 Å². The summed E-state index contributed by atoms with van der Waals surface area (Å²) in [5, 5.41) is 7.91.